The molecule has 0 aromatic heterocycles. The van der Waals surface area contributed by atoms with Crippen molar-refractivity contribution < 1.29 is 33.0 Å². The van der Waals surface area contributed by atoms with Crippen LogP contribution in [0.3, 0.4) is 0 Å². The molecule has 4 rings (SSSR count). The number of carboxylic acid groups (broad SMARTS) is 1. The molecule has 37 heavy (non-hydrogen) atoms. The standard InChI is InChI=1S/C26H27ClF2N2O5.ClH/c27-19-5-4-18(12-20(19)28)22(13-26(34)35)30(14-16-1-2-16)15-17-3-6-23(21(29)11-17)36-10-9-31-24(32)7-8-25(31)33;/h3-6,11-12,16,22H,1-2,7-10,13-15H2,(H,34,35);1H/t22-;/m0./s1. The van der Waals surface area contributed by atoms with E-state index in [1.54, 1.807) is 12.1 Å². The number of hydrogen-bond donors (Lipinski definition) is 1. The van der Waals surface area contributed by atoms with Crippen molar-refractivity contribution in [3.63, 3.8) is 0 Å². The molecule has 200 valence electrons. The zero-order chi connectivity index (χ0) is 25.8. The summed E-state index contributed by atoms with van der Waals surface area (Å²) in [7, 11) is 0. The largest absolute Gasteiger partial charge is 0.489 e. The summed E-state index contributed by atoms with van der Waals surface area (Å²) < 4.78 is 34.4. The van der Waals surface area contributed by atoms with Gasteiger partial charge in [-0.05, 0) is 54.2 Å². The Kier molecular flexibility index (Phi) is 9.87. The SMILES string of the molecule is Cl.O=C(O)C[C@@H](c1ccc(Cl)c(F)c1)N(Cc1ccc(OCCN2C(=O)CCC2=O)c(F)c1)CC1CC1. The third kappa shape index (κ3) is 7.63. The third-order valence-corrected chi connectivity index (χ3v) is 6.74. The number of carboxylic acids is 1. The van der Waals surface area contributed by atoms with Gasteiger partial charge >= 0.3 is 5.97 Å². The van der Waals surface area contributed by atoms with Gasteiger partial charge < -0.3 is 9.84 Å². The minimum Gasteiger partial charge on any atom is -0.489 e. The molecule has 1 saturated carbocycles. The summed E-state index contributed by atoms with van der Waals surface area (Å²) in [6.45, 7) is 0.888. The fourth-order valence-corrected chi connectivity index (χ4v) is 4.51. The molecule has 2 amide bonds. The van der Waals surface area contributed by atoms with Gasteiger partial charge in [0.15, 0.2) is 11.6 Å². The number of rotatable bonds is 12. The second-order valence-electron chi connectivity index (χ2n) is 9.21. The van der Waals surface area contributed by atoms with Gasteiger partial charge in [0, 0.05) is 32.0 Å². The lowest BCUT2D eigenvalue weighted by molar-refractivity contribution is -0.140. The van der Waals surface area contributed by atoms with Crippen LogP contribution < -0.4 is 4.74 Å². The molecule has 1 heterocycles. The Bertz CT molecular complexity index is 1150. The maximum Gasteiger partial charge on any atom is 0.305 e. The van der Waals surface area contributed by atoms with E-state index in [4.69, 9.17) is 16.3 Å². The fraction of sp³-hybridized carbons (Fsp3) is 0.423. The summed E-state index contributed by atoms with van der Waals surface area (Å²) in [6, 6.07) is 8.14. The van der Waals surface area contributed by atoms with Crippen molar-refractivity contribution in [3.05, 3.63) is 64.2 Å². The van der Waals surface area contributed by atoms with Gasteiger partial charge in [-0.15, -0.1) is 12.4 Å². The Morgan fingerprint density at radius 1 is 1.11 bits per heavy atom. The zero-order valence-corrected chi connectivity index (χ0v) is 21.6. The van der Waals surface area contributed by atoms with E-state index in [0.29, 0.717) is 23.6 Å². The van der Waals surface area contributed by atoms with Crippen LogP contribution in [0, 0.1) is 17.6 Å². The second kappa shape index (κ2) is 12.7. The molecule has 2 aliphatic rings. The first-order valence-electron chi connectivity index (χ1n) is 11.9. The first kappa shape index (κ1) is 28.8. The van der Waals surface area contributed by atoms with E-state index in [2.05, 4.69) is 0 Å². The molecule has 0 spiro atoms. The van der Waals surface area contributed by atoms with E-state index in [0.717, 1.165) is 17.7 Å². The van der Waals surface area contributed by atoms with Crippen LogP contribution in [-0.4, -0.2) is 52.4 Å². The molecule has 1 saturated heterocycles. The van der Waals surface area contributed by atoms with E-state index in [1.165, 1.54) is 24.3 Å². The minimum absolute atomic E-state index is 0. The number of aliphatic carboxylic acids is 1. The summed E-state index contributed by atoms with van der Waals surface area (Å²) in [6.07, 6.45) is 2.17. The highest BCUT2D eigenvalue weighted by atomic mass is 35.5. The predicted octanol–water partition coefficient (Wildman–Crippen LogP) is 5.00. The summed E-state index contributed by atoms with van der Waals surface area (Å²) in [5.41, 5.74) is 1.10. The monoisotopic (exact) mass is 556 g/mol. The van der Waals surface area contributed by atoms with E-state index in [9.17, 15) is 28.3 Å². The average molecular weight is 557 g/mol. The van der Waals surface area contributed by atoms with Crippen molar-refractivity contribution in [1.29, 1.82) is 0 Å². The molecule has 2 aromatic rings. The summed E-state index contributed by atoms with van der Waals surface area (Å²) in [4.78, 5) is 38.1. The van der Waals surface area contributed by atoms with Crippen molar-refractivity contribution in [2.75, 3.05) is 19.7 Å². The van der Waals surface area contributed by atoms with Crippen LogP contribution in [-0.2, 0) is 20.9 Å². The van der Waals surface area contributed by atoms with E-state index in [-0.39, 0.29) is 74.0 Å². The number of carbonyl (C=O) groups excluding carboxylic acids is 2. The summed E-state index contributed by atoms with van der Waals surface area (Å²) >= 11 is 5.82. The molecule has 7 nitrogen and oxygen atoms in total. The molecule has 2 fully saturated rings. The van der Waals surface area contributed by atoms with Gasteiger partial charge in [0.05, 0.1) is 18.0 Å². The molecule has 0 radical (unpaired) electrons. The quantitative estimate of drug-likeness (QED) is 0.370. The number of carbonyl (C=O) groups is 3. The zero-order valence-electron chi connectivity index (χ0n) is 20.0. The van der Waals surface area contributed by atoms with Crippen LogP contribution in [0.1, 0.15) is 49.3 Å². The predicted molar refractivity (Wildman–Crippen MR) is 135 cm³/mol. The smallest absolute Gasteiger partial charge is 0.305 e. The second-order valence-corrected chi connectivity index (χ2v) is 9.62. The van der Waals surface area contributed by atoms with Crippen LogP contribution >= 0.6 is 24.0 Å². The van der Waals surface area contributed by atoms with E-state index < -0.39 is 23.6 Å². The number of imide groups is 1. The molecule has 1 aliphatic carbocycles. The van der Waals surface area contributed by atoms with Crippen LogP contribution in [0.4, 0.5) is 8.78 Å². The molecule has 1 aliphatic heterocycles. The lowest BCUT2D eigenvalue weighted by Gasteiger charge is -2.31. The maximum atomic E-state index is 14.8. The number of ether oxygens (including phenoxy) is 1. The number of amides is 2. The Morgan fingerprint density at radius 3 is 2.41 bits per heavy atom. The van der Waals surface area contributed by atoms with Crippen LogP contribution in [0.15, 0.2) is 36.4 Å². The first-order valence-corrected chi connectivity index (χ1v) is 12.2. The summed E-state index contributed by atoms with van der Waals surface area (Å²) in [5, 5.41) is 9.50. The van der Waals surface area contributed by atoms with Gasteiger partial charge in [-0.3, -0.25) is 24.2 Å². The van der Waals surface area contributed by atoms with Gasteiger partial charge in [0.2, 0.25) is 11.8 Å². The van der Waals surface area contributed by atoms with Gasteiger partial charge in [-0.25, -0.2) is 8.78 Å². The molecule has 0 unspecified atom stereocenters. The van der Waals surface area contributed by atoms with Gasteiger partial charge in [-0.2, -0.15) is 0 Å². The molecule has 11 heteroatoms. The maximum absolute atomic E-state index is 14.8. The minimum atomic E-state index is -1.03. The lowest BCUT2D eigenvalue weighted by atomic mass is 10.00. The highest BCUT2D eigenvalue weighted by molar-refractivity contribution is 6.30. The molecule has 2 aromatic carbocycles. The van der Waals surface area contributed by atoms with E-state index >= 15 is 0 Å². The van der Waals surface area contributed by atoms with Crippen molar-refractivity contribution in [1.82, 2.24) is 9.80 Å². The number of benzene rings is 2. The molecule has 1 atom stereocenters. The number of nitrogens with zero attached hydrogens (tertiary/aromatic N) is 2. The van der Waals surface area contributed by atoms with Gasteiger partial charge in [-0.1, -0.05) is 23.7 Å². The van der Waals surface area contributed by atoms with Crippen molar-refractivity contribution >= 4 is 41.8 Å². The molecular formula is C26H28Cl2F2N2O5. The van der Waals surface area contributed by atoms with Gasteiger partial charge in [0.1, 0.15) is 12.4 Å². The number of hydrogen-bond acceptors (Lipinski definition) is 5. The summed E-state index contributed by atoms with van der Waals surface area (Å²) in [5.74, 6) is -2.37. The molecular weight excluding hydrogens is 529 g/mol. The highest BCUT2D eigenvalue weighted by Gasteiger charge is 2.31. The Morgan fingerprint density at radius 2 is 1.81 bits per heavy atom. The van der Waals surface area contributed by atoms with Crippen LogP contribution in [0.2, 0.25) is 5.02 Å². The fourth-order valence-electron chi connectivity index (χ4n) is 4.39. The topological polar surface area (TPSA) is 87.2 Å². The van der Waals surface area contributed by atoms with Crippen LogP contribution in [0.5, 0.6) is 5.75 Å². The average Bonchev–Trinajstić information content (AvgIpc) is 3.59. The normalized spacial score (nSPS) is 16.2. The third-order valence-electron chi connectivity index (χ3n) is 6.44. The first-order chi connectivity index (χ1) is 17.2. The molecule has 1 N–H and O–H groups in total. The number of likely N-dealkylation sites (tertiary alicyclic amines) is 1. The Labute approximate surface area is 224 Å². The van der Waals surface area contributed by atoms with Crippen molar-refractivity contribution in [3.8, 4) is 5.75 Å². The Balaban J connectivity index is 0.00000380. The van der Waals surface area contributed by atoms with E-state index in [1.807, 2.05) is 4.90 Å². The molecule has 0 bridgehead atoms. The van der Waals surface area contributed by atoms with Crippen LogP contribution in [0.25, 0.3) is 0 Å². The lowest BCUT2D eigenvalue weighted by Crippen LogP contribution is -2.33. The van der Waals surface area contributed by atoms with Crippen molar-refractivity contribution in [2.24, 2.45) is 5.92 Å². The number of halogens is 4. The van der Waals surface area contributed by atoms with Crippen molar-refractivity contribution in [2.45, 2.75) is 44.7 Å². The highest BCUT2D eigenvalue weighted by Crippen LogP contribution is 2.36. The van der Waals surface area contributed by atoms with Gasteiger partial charge in [0.25, 0.3) is 0 Å². The Hall–Kier alpha value is -2.75.